The predicted molar refractivity (Wildman–Crippen MR) is 87.3 cm³/mol. The minimum atomic E-state index is 0.0937. The molecule has 3 heterocycles. The van der Waals surface area contributed by atoms with E-state index in [0.717, 1.165) is 30.4 Å². The average molecular weight is 319 g/mol. The molecule has 118 valence electrons. The van der Waals surface area contributed by atoms with E-state index in [1.54, 1.807) is 18.4 Å². The van der Waals surface area contributed by atoms with E-state index in [1.807, 2.05) is 13.0 Å². The van der Waals surface area contributed by atoms with Gasteiger partial charge in [-0.25, -0.2) is 9.97 Å². The van der Waals surface area contributed by atoms with Crippen LogP contribution in [0, 0.1) is 6.92 Å². The third-order valence-corrected chi connectivity index (χ3v) is 4.36. The normalized spacial score (nSPS) is 22.0. The summed E-state index contributed by atoms with van der Waals surface area (Å²) in [6.45, 7) is 6.18. The van der Waals surface area contributed by atoms with Crippen LogP contribution in [-0.4, -0.2) is 36.3 Å². The number of anilines is 1. The van der Waals surface area contributed by atoms with Gasteiger partial charge in [0.1, 0.15) is 18.5 Å². The second-order valence-corrected chi connectivity index (χ2v) is 6.39. The van der Waals surface area contributed by atoms with Crippen molar-refractivity contribution in [3.63, 3.8) is 0 Å². The second-order valence-electron chi connectivity index (χ2n) is 5.61. The molecule has 0 spiro atoms. The van der Waals surface area contributed by atoms with Crippen molar-refractivity contribution in [2.24, 2.45) is 0 Å². The molecule has 1 aliphatic heterocycles. The van der Waals surface area contributed by atoms with Crippen molar-refractivity contribution in [1.29, 1.82) is 0 Å². The van der Waals surface area contributed by atoms with Crippen LogP contribution < -0.4 is 4.90 Å². The van der Waals surface area contributed by atoms with Crippen LogP contribution in [0.2, 0.25) is 0 Å². The van der Waals surface area contributed by atoms with Gasteiger partial charge in [-0.1, -0.05) is 0 Å². The van der Waals surface area contributed by atoms with Crippen molar-refractivity contribution in [2.75, 3.05) is 25.1 Å². The van der Waals surface area contributed by atoms with Gasteiger partial charge in [-0.15, -0.1) is 0 Å². The molecule has 2 atom stereocenters. The number of methoxy groups -OCH3 is 1. The van der Waals surface area contributed by atoms with E-state index >= 15 is 0 Å². The Balaban J connectivity index is 1.84. The standard InChI is InChI=1S/C16H21N3O2S/c1-11-6-16(18-15(17-11)9-20-3)19-7-12(2)21-14(8-19)13-4-5-22-10-13/h4-6,10,12,14H,7-9H2,1-3H3. The quantitative estimate of drug-likeness (QED) is 0.867. The topological polar surface area (TPSA) is 47.5 Å². The predicted octanol–water partition coefficient (Wildman–Crippen LogP) is 2.96. The lowest BCUT2D eigenvalue weighted by molar-refractivity contribution is -0.0174. The van der Waals surface area contributed by atoms with E-state index in [4.69, 9.17) is 9.47 Å². The van der Waals surface area contributed by atoms with Crippen molar-refractivity contribution in [3.8, 4) is 0 Å². The monoisotopic (exact) mass is 319 g/mol. The summed E-state index contributed by atoms with van der Waals surface area (Å²) < 4.78 is 11.2. The summed E-state index contributed by atoms with van der Waals surface area (Å²) in [5, 5.41) is 4.25. The number of aromatic nitrogens is 2. The minimum absolute atomic E-state index is 0.0937. The van der Waals surface area contributed by atoms with Gasteiger partial charge in [0, 0.05) is 32.0 Å². The van der Waals surface area contributed by atoms with Crippen LogP contribution in [0.25, 0.3) is 0 Å². The smallest absolute Gasteiger partial charge is 0.156 e. The molecule has 0 amide bonds. The van der Waals surface area contributed by atoms with Gasteiger partial charge in [-0.2, -0.15) is 11.3 Å². The maximum atomic E-state index is 6.09. The van der Waals surface area contributed by atoms with Crippen LogP contribution in [0.3, 0.4) is 0 Å². The summed E-state index contributed by atoms with van der Waals surface area (Å²) in [5.41, 5.74) is 2.20. The van der Waals surface area contributed by atoms with Crippen LogP contribution in [0.15, 0.2) is 22.9 Å². The molecule has 0 radical (unpaired) electrons. The van der Waals surface area contributed by atoms with E-state index in [-0.39, 0.29) is 12.2 Å². The maximum Gasteiger partial charge on any atom is 0.156 e. The molecule has 2 aromatic rings. The molecule has 3 rings (SSSR count). The Labute approximate surface area is 134 Å². The SMILES string of the molecule is COCc1nc(C)cc(N2CC(C)OC(c3ccsc3)C2)n1. The Morgan fingerprint density at radius 3 is 3.00 bits per heavy atom. The fourth-order valence-electron chi connectivity index (χ4n) is 2.75. The number of ether oxygens (including phenoxy) is 2. The van der Waals surface area contributed by atoms with Gasteiger partial charge in [-0.05, 0) is 36.2 Å². The average Bonchev–Trinajstić information content (AvgIpc) is 3.00. The number of rotatable bonds is 4. The molecule has 0 N–H and O–H groups in total. The molecule has 1 aliphatic rings. The Morgan fingerprint density at radius 1 is 1.41 bits per heavy atom. The van der Waals surface area contributed by atoms with E-state index in [2.05, 4.69) is 38.6 Å². The minimum Gasteiger partial charge on any atom is -0.377 e. The molecule has 2 unspecified atom stereocenters. The molecule has 0 aliphatic carbocycles. The lowest BCUT2D eigenvalue weighted by atomic mass is 10.1. The number of morpholine rings is 1. The molecule has 5 nitrogen and oxygen atoms in total. The first-order valence-corrected chi connectivity index (χ1v) is 8.36. The first-order chi connectivity index (χ1) is 10.7. The summed E-state index contributed by atoms with van der Waals surface area (Å²) in [6, 6.07) is 4.16. The van der Waals surface area contributed by atoms with Gasteiger partial charge in [0.05, 0.1) is 6.10 Å². The lowest BCUT2D eigenvalue weighted by Crippen LogP contribution is -2.43. The Bertz CT molecular complexity index is 618. The molecular weight excluding hydrogens is 298 g/mol. The zero-order valence-electron chi connectivity index (χ0n) is 13.2. The van der Waals surface area contributed by atoms with Crippen molar-refractivity contribution >= 4 is 17.2 Å². The van der Waals surface area contributed by atoms with E-state index in [0.29, 0.717) is 6.61 Å². The zero-order chi connectivity index (χ0) is 15.5. The fraction of sp³-hybridized carbons (Fsp3) is 0.500. The summed E-state index contributed by atoms with van der Waals surface area (Å²) in [6.07, 6.45) is 0.260. The Kier molecular flexibility index (Phi) is 4.71. The first-order valence-electron chi connectivity index (χ1n) is 7.41. The van der Waals surface area contributed by atoms with Gasteiger partial charge in [0.2, 0.25) is 0 Å². The van der Waals surface area contributed by atoms with E-state index in [9.17, 15) is 0 Å². The molecule has 6 heteroatoms. The van der Waals surface area contributed by atoms with Crippen molar-refractivity contribution in [1.82, 2.24) is 9.97 Å². The third kappa shape index (κ3) is 3.45. The van der Waals surface area contributed by atoms with Gasteiger partial charge in [-0.3, -0.25) is 0 Å². The molecule has 0 bridgehead atoms. The van der Waals surface area contributed by atoms with Crippen molar-refractivity contribution in [3.05, 3.63) is 40.0 Å². The second kappa shape index (κ2) is 6.73. The highest BCUT2D eigenvalue weighted by Crippen LogP contribution is 2.29. The van der Waals surface area contributed by atoms with E-state index < -0.39 is 0 Å². The van der Waals surface area contributed by atoms with Crippen LogP contribution in [0.1, 0.15) is 30.1 Å². The number of hydrogen-bond donors (Lipinski definition) is 0. The highest BCUT2D eigenvalue weighted by Gasteiger charge is 2.27. The van der Waals surface area contributed by atoms with Gasteiger partial charge < -0.3 is 14.4 Å². The van der Waals surface area contributed by atoms with Crippen molar-refractivity contribution < 1.29 is 9.47 Å². The number of thiophene rings is 1. The summed E-state index contributed by atoms with van der Waals surface area (Å²) in [4.78, 5) is 11.3. The molecule has 0 aromatic carbocycles. The van der Waals surface area contributed by atoms with E-state index in [1.165, 1.54) is 5.56 Å². The highest BCUT2D eigenvalue weighted by molar-refractivity contribution is 7.07. The summed E-state index contributed by atoms with van der Waals surface area (Å²) in [5.74, 6) is 1.68. The summed E-state index contributed by atoms with van der Waals surface area (Å²) in [7, 11) is 1.66. The molecule has 2 aromatic heterocycles. The number of hydrogen-bond acceptors (Lipinski definition) is 6. The van der Waals surface area contributed by atoms with Crippen LogP contribution >= 0.6 is 11.3 Å². The highest BCUT2D eigenvalue weighted by atomic mass is 32.1. The van der Waals surface area contributed by atoms with Gasteiger partial charge >= 0.3 is 0 Å². The number of nitrogens with zero attached hydrogens (tertiary/aromatic N) is 3. The molecule has 0 saturated carbocycles. The first kappa shape index (κ1) is 15.4. The molecule has 1 saturated heterocycles. The van der Waals surface area contributed by atoms with Gasteiger partial charge in [0.25, 0.3) is 0 Å². The number of aryl methyl sites for hydroxylation is 1. The van der Waals surface area contributed by atoms with Crippen LogP contribution in [0.5, 0.6) is 0 Å². The largest absolute Gasteiger partial charge is 0.377 e. The van der Waals surface area contributed by atoms with Crippen LogP contribution in [-0.2, 0) is 16.1 Å². The molecule has 1 fully saturated rings. The van der Waals surface area contributed by atoms with Crippen LogP contribution in [0.4, 0.5) is 5.82 Å². The molecular formula is C16H21N3O2S. The zero-order valence-corrected chi connectivity index (χ0v) is 14.0. The Hall–Kier alpha value is -1.50. The van der Waals surface area contributed by atoms with Gasteiger partial charge in [0.15, 0.2) is 5.82 Å². The maximum absolute atomic E-state index is 6.09. The van der Waals surface area contributed by atoms with Crippen molar-refractivity contribution in [2.45, 2.75) is 32.7 Å². The summed E-state index contributed by atoms with van der Waals surface area (Å²) >= 11 is 1.70. The fourth-order valence-corrected chi connectivity index (χ4v) is 3.45. The third-order valence-electron chi connectivity index (χ3n) is 3.66. The lowest BCUT2D eigenvalue weighted by Gasteiger charge is -2.37. The Morgan fingerprint density at radius 2 is 2.27 bits per heavy atom. The molecule has 22 heavy (non-hydrogen) atoms.